The van der Waals surface area contributed by atoms with Crippen molar-refractivity contribution < 1.29 is 4.79 Å². The smallest absolute Gasteiger partial charge is 0.163 e. The molecule has 1 aliphatic rings. The highest BCUT2D eigenvalue weighted by atomic mass is 16.1. The van der Waals surface area contributed by atoms with Gasteiger partial charge in [-0.25, -0.2) is 0 Å². The lowest BCUT2D eigenvalue weighted by atomic mass is 9.77. The normalized spacial score (nSPS) is 19.9. The Balaban J connectivity index is 2.37. The van der Waals surface area contributed by atoms with E-state index in [4.69, 9.17) is 0 Å². The minimum atomic E-state index is 0.334. The molecule has 92 valence electrons. The van der Waals surface area contributed by atoms with E-state index in [1.54, 1.807) is 0 Å². The third-order valence-electron chi connectivity index (χ3n) is 3.97. The second-order valence-electron chi connectivity index (χ2n) is 5.91. The molecule has 1 aliphatic carbocycles. The molecule has 17 heavy (non-hydrogen) atoms. The maximum atomic E-state index is 12.1. The summed E-state index contributed by atoms with van der Waals surface area (Å²) in [5.74, 6) is 1.99. The molecule has 1 aromatic rings. The van der Waals surface area contributed by atoms with Crippen molar-refractivity contribution in [3.63, 3.8) is 0 Å². The van der Waals surface area contributed by atoms with Crippen LogP contribution in [0.5, 0.6) is 0 Å². The van der Waals surface area contributed by atoms with Gasteiger partial charge in [-0.3, -0.25) is 4.79 Å². The highest BCUT2D eigenvalue weighted by molar-refractivity contribution is 5.98. The fourth-order valence-electron chi connectivity index (χ4n) is 2.59. The zero-order chi connectivity index (χ0) is 12.6. The van der Waals surface area contributed by atoms with Crippen molar-refractivity contribution in [2.75, 3.05) is 0 Å². The Labute approximate surface area is 104 Å². The molecular weight excluding hydrogens is 208 g/mol. The lowest BCUT2D eigenvalue weighted by molar-refractivity contribution is 0.0933. The van der Waals surface area contributed by atoms with Gasteiger partial charge in [-0.15, -0.1) is 0 Å². The van der Waals surface area contributed by atoms with E-state index >= 15 is 0 Å². The Kier molecular flexibility index (Phi) is 3.37. The number of fused-ring (bicyclic) bond motifs is 1. The van der Waals surface area contributed by atoms with Gasteiger partial charge in [-0.2, -0.15) is 0 Å². The topological polar surface area (TPSA) is 17.1 Å². The molecule has 1 unspecified atom stereocenters. The second-order valence-corrected chi connectivity index (χ2v) is 5.91. The molecule has 0 radical (unpaired) electrons. The van der Waals surface area contributed by atoms with Crippen LogP contribution in [-0.2, 0) is 6.42 Å². The molecule has 0 heterocycles. The van der Waals surface area contributed by atoms with E-state index in [0.29, 0.717) is 23.5 Å². The first-order valence-corrected chi connectivity index (χ1v) is 6.65. The molecule has 0 saturated heterocycles. The average Bonchev–Trinajstić information content (AvgIpc) is 2.27. The van der Waals surface area contributed by atoms with Crippen LogP contribution in [0.4, 0.5) is 0 Å². The van der Waals surface area contributed by atoms with Crippen LogP contribution >= 0.6 is 0 Å². The van der Waals surface area contributed by atoms with Crippen LogP contribution in [-0.4, -0.2) is 5.78 Å². The van der Waals surface area contributed by atoms with E-state index in [2.05, 4.69) is 39.8 Å². The Morgan fingerprint density at radius 1 is 1.12 bits per heavy atom. The molecule has 0 aromatic heterocycles. The summed E-state index contributed by atoms with van der Waals surface area (Å²) in [6, 6.07) is 6.38. The van der Waals surface area contributed by atoms with E-state index in [1.165, 1.54) is 11.1 Å². The largest absolute Gasteiger partial charge is 0.294 e. The van der Waals surface area contributed by atoms with Gasteiger partial charge in [0.15, 0.2) is 5.78 Å². The van der Waals surface area contributed by atoms with Crippen LogP contribution < -0.4 is 0 Å². The van der Waals surface area contributed by atoms with Gasteiger partial charge in [0, 0.05) is 12.0 Å². The Morgan fingerprint density at radius 2 is 1.82 bits per heavy atom. The van der Waals surface area contributed by atoms with Crippen LogP contribution in [0.15, 0.2) is 18.2 Å². The van der Waals surface area contributed by atoms with E-state index in [-0.39, 0.29) is 0 Å². The van der Waals surface area contributed by atoms with Crippen molar-refractivity contribution in [1.29, 1.82) is 0 Å². The Bertz CT molecular complexity index is 429. The molecule has 1 nitrogen and oxygen atoms in total. The van der Waals surface area contributed by atoms with Crippen molar-refractivity contribution in [3.8, 4) is 0 Å². The first-order chi connectivity index (χ1) is 7.99. The summed E-state index contributed by atoms with van der Waals surface area (Å²) in [6.45, 7) is 8.84. The van der Waals surface area contributed by atoms with Gasteiger partial charge in [-0.1, -0.05) is 45.9 Å². The molecule has 0 aliphatic heterocycles. The SMILES string of the molecule is CC(C)c1ccc2c(c1)CC(C(C)C)CC2=O. The van der Waals surface area contributed by atoms with Crippen molar-refractivity contribution in [3.05, 3.63) is 34.9 Å². The van der Waals surface area contributed by atoms with Gasteiger partial charge >= 0.3 is 0 Å². The van der Waals surface area contributed by atoms with Crippen LogP contribution in [0, 0.1) is 11.8 Å². The summed E-state index contributed by atoms with van der Waals surface area (Å²) < 4.78 is 0. The second kappa shape index (κ2) is 4.64. The van der Waals surface area contributed by atoms with Crippen molar-refractivity contribution in [2.24, 2.45) is 11.8 Å². The number of ketones is 1. The lowest BCUT2D eigenvalue weighted by Crippen LogP contribution is -2.24. The number of carbonyl (C=O) groups is 1. The van der Waals surface area contributed by atoms with Crippen LogP contribution in [0.25, 0.3) is 0 Å². The zero-order valence-corrected chi connectivity index (χ0v) is 11.3. The number of hydrogen-bond acceptors (Lipinski definition) is 1. The van der Waals surface area contributed by atoms with Gasteiger partial charge in [0.1, 0.15) is 0 Å². The summed E-state index contributed by atoms with van der Waals surface area (Å²) in [5, 5.41) is 0. The fourth-order valence-corrected chi connectivity index (χ4v) is 2.59. The third kappa shape index (κ3) is 2.43. The van der Waals surface area contributed by atoms with Gasteiger partial charge in [0.2, 0.25) is 0 Å². The Morgan fingerprint density at radius 3 is 2.41 bits per heavy atom. The first kappa shape index (κ1) is 12.3. The quantitative estimate of drug-likeness (QED) is 0.743. The summed E-state index contributed by atoms with van der Waals surface area (Å²) in [5.41, 5.74) is 3.58. The fraction of sp³-hybridized carbons (Fsp3) is 0.562. The zero-order valence-electron chi connectivity index (χ0n) is 11.3. The number of carbonyl (C=O) groups excluding carboxylic acids is 1. The van der Waals surface area contributed by atoms with Crippen LogP contribution in [0.3, 0.4) is 0 Å². The summed E-state index contributed by atoms with van der Waals surface area (Å²) in [6.07, 6.45) is 1.80. The summed E-state index contributed by atoms with van der Waals surface area (Å²) in [7, 11) is 0. The summed E-state index contributed by atoms with van der Waals surface area (Å²) in [4.78, 5) is 12.1. The molecule has 0 spiro atoms. The third-order valence-corrected chi connectivity index (χ3v) is 3.97. The van der Waals surface area contributed by atoms with Gasteiger partial charge in [-0.05, 0) is 35.3 Å². The standard InChI is InChI=1S/C16H22O/c1-10(2)12-5-6-15-14(7-12)8-13(11(3)4)9-16(15)17/h5-7,10-11,13H,8-9H2,1-4H3. The molecule has 0 N–H and O–H groups in total. The van der Waals surface area contributed by atoms with E-state index in [9.17, 15) is 4.79 Å². The van der Waals surface area contributed by atoms with E-state index in [0.717, 1.165) is 18.4 Å². The molecule has 1 atom stereocenters. The van der Waals surface area contributed by atoms with Gasteiger partial charge in [0.25, 0.3) is 0 Å². The molecule has 0 bridgehead atoms. The van der Waals surface area contributed by atoms with Crippen LogP contribution in [0.1, 0.15) is 61.5 Å². The highest BCUT2D eigenvalue weighted by Gasteiger charge is 2.27. The van der Waals surface area contributed by atoms with Crippen molar-refractivity contribution in [1.82, 2.24) is 0 Å². The van der Waals surface area contributed by atoms with Crippen molar-refractivity contribution >= 4 is 5.78 Å². The highest BCUT2D eigenvalue weighted by Crippen LogP contribution is 2.31. The maximum Gasteiger partial charge on any atom is 0.163 e. The van der Waals surface area contributed by atoms with E-state index in [1.807, 2.05) is 6.07 Å². The molecule has 0 saturated carbocycles. The predicted molar refractivity (Wildman–Crippen MR) is 71.5 cm³/mol. The van der Waals surface area contributed by atoms with Gasteiger partial charge < -0.3 is 0 Å². The average molecular weight is 230 g/mol. The molecule has 1 heteroatoms. The summed E-state index contributed by atoms with van der Waals surface area (Å²) >= 11 is 0. The minimum absolute atomic E-state index is 0.334. The molecule has 0 amide bonds. The Hall–Kier alpha value is -1.11. The molecule has 1 aromatic carbocycles. The maximum absolute atomic E-state index is 12.1. The number of Topliss-reactive ketones (excluding diaryl/α,β-unsaturated/α-hetero) is 1. The number of hydrogen-bond donors (Lipinski definition) is 0. The van der Waals surface area contributed by atoms with Crippen molar-refractivity contribution in [2.45, 2.75) is 46.5 Å². The first-order valence-electron chi connectivity index (χ1n) is 6.65. The van der Waals surface area contributed by atoms with E-state index < -0.39 is 0 Å². The number of benzene rings is 1. The molecule has 0 fully saturated rings. The molecule has 2 rings (SSSR count). The van der Waals surface area contributed by atoms with Gasteiger partial charge in [0.05, 0.1) is 0 Å². The monoisotopic (exact) mass is 230 g/mol. The molecular formula is C16H22O. The van der Waals surface area contributed by atoms with Crippen LogP contribution in [0.2, 0.25) is 0 Å². The number of rotatable bonds is 2. The lowest BCUT2D eigenvalue weighted by Gasteiger charge is -2.27. The predicted octanol–water partition coefficient (Wildman–Crippen LogP) is 4.21. The minimum Gasteiger partial charge on any atom is -0.294 e.